The molecule has 0 saturated carbocycles. The highest BCUT2D eigenvalue weighted by Gasteiger charge is 2.28. The summed E-state index contributed by atoms with van der Waals surface area (Å²) in [7, 11) is 3.55. The number of piperidine rings is 1. The minimum Gasteiger partial charge on any atom is -0.383 e. The lowest BCUT2D eigenvalue weighted by atomic mass is 10.0. The third-order valence-electron chi connectivity index (χ3n) is 5.62. The number of fused-ring (bicyclic) bond motifs is 1. The number of para-hydroxylation sites is 1. The first-order valence-corrected chi connectivity index (χ1v) is 10.1. The number of nitrogens with zero attached hydrogens (tertiary/aromatic N) is 5. The number of ether oxygens (including phenoxy) is 1. The molecule has 3 aromatic rings. The van der Waals surface area contributed by atoms with Gasteiger partial charge in [-0.1, -0.05) is 12.1 Å². The average Bonchev–Trinajstić information content (AvgIpc) is 3.26. The molecule has 0 aliphatic carbocycles. The number of hydrogen-bond donors (Lipinski definition) is 1. The van der Waals surface area contributed by atoms with E-state index in [1.807, 2.05) is 30.1 Å². The van der Waals surface area contributed by atoms with E-state index in [4.69, 9.17) is 4.74 Å². The number of likely N-dealkylation sites (N-methyl/N-ethyl adjacent to an activating group) is 1. The summed E-state index contributed by atoms with van der Waals surface area (Å²) in [6.07, 6.45) is 5.03. The van der Waals surface area contributed by atoms with E-state index < -0.39 is 0 Å². The van der Waals surface area contributed by atoms with Crippen LogP contribution in [-0.4, -0.2) is 71.2 Å². The number of methoxy groups -OCH3 is 1. The van der Waals surface area contributed by atoms with E-state index in [0.717, 1.165) is 29.4 Å². The summed E-state index contributed by atoms with van der Waals surface area (Å²) < 4.78 is 6.59. The van der Waals surface area contributed by atoms with E-state index in [9.17, 15) is 9.59 Å². The monoisotopic (exact) mass is 410 g/mol. The van der Waals surface area contributed by atoms with Crippen LogP contribution in [-0.2, 0) is 4.74 Å². The number of carbonyl (C=O) groups excluding carboxylic acids is 1. The molecule has 158 valence electrons. The zero-order valence-electron chi connectivity index (χ0n) is 17.2. The highest BCUT2D eigenvalue weighted by atomic mass is 16.5. The van der Waals surface area contributed by atoms with Crippen LogP contribution >= 0.6 is 0 Å². The lowest BCUT2D eigenvalue weighted by Gasteiger charge is -2.33. The molecule has 9 heteroatoms. The van der Waals surface area contributed by atoms with Crippen LogP contribution in [0.1, 0.15) is 29.2 Å². The zero-order chi connectivity index (χ0) is 21.1. The summed E-state index contributed by atoms with van der Waals surface area (Å²) in [6.45, 7) is 2.36. The number of carbonyl (C=O) groups is 1. The molecule has 9 nitrogen and oxygen atoms in total. The van der Waals surface area contributed by atoms with Crippen LogP contribution in [0.3, 0.4) is 0 Å². The molecule has 1 aliphatic rings. The molecule has 1 aliphatic heterocycles. The molecule has 1 atom stereocenters. The third-order valence-corrected chi connectivity index (χ3v) is 5.62. The lowest BCUT2D eigenvalue weighted by molar-refractivity contribution is 0.0671. The minimum atomic E-state index is -0.160. The van der Waals surface area contributed by atoms with Gasteiger partial charge in [0.2, 0.25) is 0 Å². The van der Waals surface area contributed by atoms with Crippen LogP contribution < -0.4 is 10.5 Å². The van der Waals surface area contributed by atoms with Gasteiger partial charge in [-0.15, -0.1) is 0 Å². The molecule has 0 radical (unpaired) electrons. The quantitative estimate of drug-likeness (QED) is 0.664. The van der Waals surface area contributed by atoms with Gasteiger partial charge in [-0.2, -0.15) is 10.2 Å². The lowest BCUT2D eigenvalue weighted by Crippen LogP contribution is -2.43. The Labute approximate surface area is 174 Å². The molecule has 0 bridgehead atoms. The third kappa shape index (κ3) is 3.93. The summed E-state index contributed by atoms with van der Waals surface area (Å²) in [5.41, 5.74) is 1.93. The van der Waals surface area contributed by atoms with Crippen molar-refractivity contribution in [1.82, 2.24) is 24.9 Å². The van der Waals surface area contributed by atoms with E-state index in [2.05, 4.69) is 15.3 Å². The molecule has 0 unspecified atom stereocenters. The number of nitrogens with one attached hydrogen (secondary N) is 1. The maximum Gasteiger partial charge on any atom is 0.269 e. The van der Waals surface area contributed by atoms with Gasteiger partial charge >= 0.3 is 0 Å². The fourth-order valence-electron chi connectivity index (χ4n) is 3.90. The molecule has 1 aromatic carbocycles. The molecule has 4 rings (SSSR count). The van der Waals surface area contributed by atoms with Crippen LogP contribution in [0.2, 0.25) is 0 Å². The standard InChI is InChI=1S/C21H26N6O3/c1-25(9-10-30-2)17-11-19(28)27(23-13-17)16-6-4-8-26(14-16)21(29)18-7-3-5-15-12-22-24-20(15)18/h3,5,7,11-13,16H,4,6,8-10,14H2,1-2H3,(H,22,24)/t16-/m1/s1. The van der Waals surface area contributed by atoms with Crippen molar-refractivity contribution in [3.05, 3.63) is 52.6 Å². The largest absolute Gasteiger partial charge is 0.383 e. The molecule has 1 N–H and O–H groups in total. The van der Waals surface area contributed by atoms with Crippen LogP contribution in [0.5, 0.6) is 0 Å². The molecule has 1 amide bonds. The first-order valence-electron chi connectivity index (χ1n) is 10.1. The van der Waals surface area contributed by atoms with Crippen molar-refractivity contribution in [3.8, 4) is 0 Å². The van der Waals surface area contributed by atoms with Crippen molar-refractivity contribution in [1.29, 1.82) is 0 Å². The second-order valence-corrected chi connectivity index (χ2v) is 7.60. The summed E-state index contributed by atoms with van der Waals surface area (Å²) in [6, 6.07) is 7.03. The van der Waals surface area contributed by atoms with Crippen LogP contribution in [0.4, 0.5) is 5.69 Å². The Bertz CT molecular complexity index is 1090. The highest BCUT2D eigenvalue weighted by Crippen LogP contribution is 2.24. The van der Waals surface area contributed by atoms with Crippen molar-refractivity contribution >= 4 is 22.5 Å². The van der Waals surface area contributed by atoms with Gasteiger partial charge in [-0.25, -0.2) is 4.68 Å². The maximum atomic E-state index is 13.2. The second-order valence-electron chi connectivity index (χ2n) is 7.60. The van der Waals surface area contributed by atoms with Gasteiger partial charge in [0.1, 0.15) is 0 Å². The summed E-state index contributed by atoms with van der Waals surface area (Å²) in [5.74, 6) is -0.0569. The predicted molar refractivity (Wildman–Crippen MR) is 114 cm³/mol. The Hall–Kier alpha value is -3.20. The Balaban J connectivity index is 1.52. The maximum absolute atomic E-state index is 13.2. The van der Waals surface area contributed by atoms with E-state index in [1.54, 1.807) is 30.5 Å². The molecule has 1 saturated heterocycles. The summed E-state index contributed by atoms with van der Waals surface area (Å²) in [5, 5.41) is 12.3. The van der Waals surface area contributed by atoms with Crippen molar-refractivity contribution in [2.45, 2.75) is 18.9 Å². The van der Waals surface area contributed by atoms with Gasteiger partial charge in [0, 0.05) is 45.2 Å². The SMILES string of the molecule is COCCN(C)c1cnn([C@@H]2CCCN(C(=O)c3cccc4cn[nH]c34)C2)c(=O)c1. The Morgan fingerprint density at radius 1 is 1.37 bits per heavy atom. The van der Waals surface area contributed by atoms with Crippen LogP contribution in [0.25, 0.3) is 10.9 Å². The number of hydrogen-bond acceptors (Lipinski definition) is 6. The minimum absolute atomic E-state index is 0.0569. The predicted octanol–water partition coefficient (Wildman–Crippen LogP) is 1.68. The number of rotatable bonds is 6. The van der Waals surface area contributed by atoms with Crippen LogP contribution in [0.15, 0.2) is 41.5 Å². The van der Waals surface area contributed by atoms with Crippen molar-refractivity contribution in [2.24, 2.45) is 0 Å². The summed E-state index contributed by atoms with van der Waals surface area (Å²) >= 11 is 0. The molecular formula is C21H26N6O3. The van der Waals surface area contributed by atoms with Gasteiger partial charge < -0.3 is 14.5 Å². The fourth-order valence-corrected chi connectivity index (χ4v) is 3.90. The van der Waals surface area contributed by atoms with Crippen LogP contribution in [0, 0.1) is 0 Å². The number of benzene rings is 1. The van der Waals surface area contributed by atoms with Gasteiger partial charge in [0.15, 0.2) is 0 Å². The van der Waals surface area contributed by atoms with E-state index in [0.29, 0.717) is 31.8 Å². The molecule has 30 heavy (non-hydrogen) atoms. The number of H-pyrrole nitrogens is 1. The highest BCUT2D eigenvalue weighted by molar-refractivity contribution is 6.05. The number of aromatic amines is 1. The Morgan fingerprint density at radius 2 is 2.23 bits per heavy atom. The van der Waals surface area contributed by atoms with Gasteiger partial charge in [-0.05, 0) is 18.9 Å². The smallest absolute Gasteiger partial charge is 0.269 e. The molecular weight excluding hydrogens is 384 g/mol. The van der Waals surface area contributed by atoms with Gasteiger partial charge in [-0.3, -0.25) is 14.7 Å². The normalized spacial score (nSPS) is 16.7. The first kappa shape index (κ1) is 20.1. The Morgan fingerprint density at radius 3 is 3.03 bits per heavy atom. The molecule has 0 spiro atoms. The van der Waals surface area contributed by atoms with E-state index in [1.165, 1.54) is 4.68 Å². The van der Waals surface area contributed by atoms with E-state index in [-0.39, 0.29) is 17.5 Å². The number of aromatic nitrogens is 4. The van der Waals surface area contributed by atoms with Gasteiger partial charge in [0.05, 0.1) is 41.8 Å². The van der Waals surface area contributed by atoms with Crippen molar-refractivity contribution in [3.63, 3.8) is 0 Å². The van der Waals surface area contributed by atoms with Gasteiger partial charge in [0.25, 0.3) is 11.5 Å². The molecule has 3 heterocycles. The number of amides is 1. The second kappa shape index (κ2) is 8.66. The first-order chi connectivity index (χ1) is 14.6. The zero-order valence-corrected chi connectivity index (χ0v) is 17.2. The van der Waals surface area contributed by atoms with Crippen molar-refractivity contribution in [2.75, 3.05) is 45.3 Å². The summed E-state index contributed by atoms with van der Waals surface area (Å²) in [4.78, 5) is 29.6. The topological polar surface area (TPSA) is 96.3 Å². The Kier molecular flexibility index (Phi) is 5.80. The van der Waals surface area contributed by atoms with E-state index >= 15 is 0 Å². The molecule has 2 aromatic heterocycles. The fraction of sp³-hybridized carbons (Fsp3) is 0.429. The van der Waals surface area contributed by atoms with Crippen molar-refractivity contribution < 1.29 is 9.53 Å². The molecule has 1 fully saturated rings. The number of anilines is 1. The average molecular weight is 410 g/mol. The number of likely N-dealkylation sites (tertiary alicyclic amines) is 1.